The molecule has 0 amide bonds. The summed E-state index contributed by atoms with van der Waals surface area (Å²) in [5.74, 6) is -1.21. The molecule has 3 rings (SSSR count). The highest BCUT2D eigenvalue weighted by molar-refractivity contribution is 5.31. The summed E-state index contributed by atoms with van der Waals surface area (Å²) in [5, 5.41) is 0. The van der Waals surface area contributed by atoms with Gasteiger partial charge >= 0.3 is 0 Å². The first-order valence-corrected chi connectivity index (χ1v) is 7.04. The van der Waals surface area contributed by atoms with Crippen LogP contribution in [0.1, 0.15) is 35.3 Å². The number of nitrogens with two attached hydrogens (primary N) is 1. The van der Waals surface area contributed by atoms with Crippen LogP contribution in [0, 0.1) is 11.6 Å². The molecule has 0 bridgehead atoms. The van der Waals surface area contributed by atoms with E-state index in [1.54, 1.807) is 0 Å². The molecule has 0 fully saturated rings. The molecule has 2 N–H and O–H groups in total. The molecule has 2 nitrogen and oxygen atoms in total. The molecule has 110 valence electrons. The molecule has 2 atom stereocenters. The van der Waals surface area contributed by atoms with Crippen LogP contribution in [0.25, 0.3) is 0 Å². The second-order valence-corrected chi connectivity index (χ2v) is 5.35. The SMILES string of the molecule is NC(CC1OCCc2ccccc21)c1cc(F)cc(F)c1. The van der Waals surface area contributed by atoms with Crippen molar-refractivity contribution in [3.05, 3.63) is 70.8 Å². The van der Waals surface area contributed by atoms with Gasteiger partial charge in [0.1, 0.15) is 11.6 Å². The third-order valence-corrected chi connectivity index (χ3v) is 3.87. The fourth-order valence-corrected chi connectivity index (χ4v) is 2.83. The molecule has 0 saturated carbocycles. The maximum Gasteiger partial charge on any atom is 0.126 e. The summed E-state index contributed by atoms with van der Waals surface area (Å²) >= 11 is 0. The van der Waals surface area contributed by atoms with Gasteiger partial charge in [-0.2, -0.15) is 0 Å². The monoisotopic (exact) mass is 289 g/mol. The first kappa shape index (κ1) is 14.2. The molecule has 0 saturated heterocycles. The van der Waals surface area contributed by atoms with Crippen LogP contribution in [0.5, 0.6) is 0 Å². The van der Waals surface area contributed by atoms with Gasteiger partial charge in [0, 0.05) is 12.1 Å². The molecule has 2 unspecified atom stereocenters. The van der Waals surface area contributed by atoms with E-state index in [-0.39, 0.29) is 6.10 Å². The summed E-state index contributed by atoms with van der Waals surface area (Å²) in [5.41, 5.74) is 8.94. The first-order valence-electron chi connectivity index (χ1n) is 7.04. The van der Waals surface area contributed by atoms with Crippen LogP contribution in [-0.4, -0.2) is 6.61 Å². The zero-order valence-electron chi connectivity index (χ0n) is 11.6. The van der Waals surface area contributed by atoms with E-state index < -0.39 is 17.7 Å². The summed E-state index contributed by atoms with van der Waals surface area (Å²) in [4.78, 5) is 0. The number of benzene rings is 2. The molecule has 0 aromatic heterocycles. The van der Waals surface area contributed by atoms with Crippen molar-refractivity contribution in [2.75, 3.05) is 6.61 Å². The Bertz CT molecular complexity index is 624. The highest BCUT2D eigenvalue weighted by atomic mass is 19.1. The summed E-state index contributed by atoms with van der Waals surface area (Å²) in [7, 11) is 0. The molecule has 0 spiro atoms. The largest absolute Gasteiger partial charge is 0.373 e. The third kappa shape index (κ3) is 3.12. The molecule has 21 heavy (non-hydrogen) atoms. The molecule has 0 radical (unpaired) electrons. The van der Waals surface area contributed by atoms with Gasteiger partial charge in [-0.3, -0.25) is 0 Å². The van der Waals surface area contributed by atoms with Crippen molar-refractivity contribution in [3.8, 4) is 0 Å². The van der Waals surface area contributed by atoms with Gasteiger partial charge < -0.3 is 10.5 Å². The van der Waals surface area contributed by atoms with E-state index in [9.17, 15) is 8.78 Å². The van der Waals surface area contributed by atoms with Crippen LogP contribution in [0.4, 0.5) is 8.78 Å². The molecule has 1 heterocycles. The average Bonchev–Trinajstić information content (AvgIpc) is 2.46. The van der Waals surface area contributed by atoms with Crippen molar-refractivity contribution in [2.24, 2.45) is 5.73 Å². The molecule has 2 aromatic carbocycles. The molecule has 1 aliphatic heterocycles. The summed E-state index contributed by atoms with van der Waals surface area (Å²) < 4.78 is 32.3. The second kappa shape index (κ2) is 5.92. The predicted octanol–water partition coefficient (Wildman–Crippen LogP) is 3.67. The van der Waals surface area contributed by atoms with Crippen molar-refractivity contribution in [1.29, 1.82) is 0 Å². The van der Waals surface area contributed by atoms with E-state index in [1.807, 2.05) is 18.2 Å². The number of ether oxygens (including phenoxy) is 1. The normalized spacial score (nSPS) is 19.1. The maximum absolute atomic E-state index is 13.3. The molecule has 0 aliphatic carbocycles. The Balaban J connectivity index is 1.81. The van der Waals surface area contributed by atoms with Crippen molar-refractivity contribution in [3.63, 3.8) is 0 Å². The minimum absolute atomic E-state index is 0.128. The van der Waals surface area contributed by atoms with Crippen molar-refractivity contribution < 1.29 is 13.5 Å². The highest BCUT2D eigenvalue weighted by Gasteiger charge is 2.23. The Kier molecular flexibility index (Phi) is 3.99. The Morgan fingerprint density at radius 3 is 2.62 bits per heavy atom. The standard InChI is InChI=1S/C17H17F2NO/c18-13-7-12(8-14(19)9-13)16(20)10-17-15-4-2-1-3-11(15)5-6-21-17/h1-4,7-9,16-17H,5-6,10,20H2. The number of halogens is 2. The van der Waals surface area contributed by atoms with Crippen molar-refractivity contribution in [1.82, 2.24) is 0 Å². The fraction of sp³-hybridized carbons (Fsp3) is 0.294. The minimum Gasteiger partial charge on any atom is -0.373 e. The molecular weight excluding hydrogens is 272 g/mol. The third-order valence-electron chi connectivity index (χ3n) is 3.87. The smallest absolute Gasteiger partial charge is 0.126 e. The fourth-order valence-electron chi connectivity index (χ4n) is 2.83. The van der Waals surface area contributed by atoms with E-state index in [2.05, 4.69) is 6.07 Å². The lowest BCUT2D eigenvalue weighted by atomic mass is 9.91. The number of hydrogen-bond acceptors (Lipinski definition) is 2. The van der Waals surface area contributed by atoms with E-state index >= 15 is 0 Å². The molecule has 1 aliphatic rings. The van der Waals surface area contributed by atoms with Crippen LogP contribution in [-0.2, 0) is 11.2 Å². The van der Waals surface area contributed by atoms with Crippen LogP contribution in [0.2, 0.25) is 0 Å². The van der Waals surface area contributed by atoms with Crippen LogP contribution >= 0.6 is 0 Å². The van der Waals surface area contributed by atoms with Gasteiger partial charge in [-0.15, -0.1) is 0 Å². The lowest BCUT2D eigenvalue weighted by molar-refractivity contribution is 0.0319. The van der Waals surface area contributed by atoms with Crippen molar-refractivity contribution >= 4 is 0 Å². The van der Waals surface area contributed by atoms with Gasteiger partial charge in [0.2, 0.25) is 0 Å². The van der Waals surface area contributed by atoms with Gasteiger partial charge in [0.05, 0.1) is 12.7 Å². The maximum atomic E-state index is 13.3. The van der Waals surface area contributed by atoms with E-state index in [1.165, 1.54) is 17.7 Å². The lowest BCUT2D eigenvalue weighted by Gasteiger charge is -2.28. The zero-order valence-corrected chi connectivity index (χ0v) is 11.6. The van der Waals surface area contributed by atoms with E-state index in [0.717, 1.165) is 18.1 Å². The zero-order chi connectivity index (χ0) is 14.8. The number of hydrogen-bond donors (Lipinski definition) is 1. The van der Waals surface area contributed by atoms with Crippen molar-refractivity contribution in [2.45, 2.75) is 25.0 Å². The lowest BCUT2D eigenvalue weighted by Crippen LogP contribution is -2.21. The second-order valence-electron chi connectivity index (χ2n) is 5.35. The quantitative estimate of drug-likeness (QED) is 0.935. The van der Waals surface area contributed by atoms with E-state index in [4.69, 9.17) is 10.5 Å². The van der Waals surface area contributed by atoms with Gasteiger partial charge in [-0.05, 0) is 41.7 Å². The van der Waals surface area contributed by atoms with Crippen LogP contribution in [0.3, 0.4) is 0 Å². The first-order chi connectivity index (χ1) is 10.1. The predicted molar refractivity (Wildman–Crippen MR) is 76.7 cm³/mol. The van der Waals surface area contributed by atoms with Gasteiger partial charge in [-0.1, -0.05) is 24.3 Å². The Labute approximate surface area is 122 Å². The topological polar surface area (TPSA) is 35.2 Å². The minimum atomic E-state index is -0.606. The summed E-state index contributed by atoms with van der Waals surface area (Å²) in [6, 6.07) is 11.0. The molecule has 2 aromatic rings. The molecular formula is C17H17F2NO. The molecule has 4 heteroatoms. The average molecular weight is 289 g/mol. The summed E-state index contributed by atoms with van der Waals surface area (Å²) in [6.07, 6.45) is 1.26. The number of rotatable bonds is 3. The van der Waals surface area contributed by atoms with E-state index in [0.29, 0.717) is 18.6 Å². The Morgan fingerprint density at radius 2 is 1.86 bits per heavy atom. The Morgan fingerprint density at radius 1 is 1.14 bits per heavy atom. The summed E-state index contributed by atoms with van der Waals surface area (Å²) in [6.45, 7) is 0.645. The Hall–Kier alpha value is -1.78. The van der Waals surface area contributed by atoms with Crippen LogP contribution < -0.4 is 5.73 Å². The van der Waals surface area contributed by atoms with Gasteiger partial charge in [0.25, 0.3) is 0 Å². The number of fused-ring (bicyclic) bond motifs is 1. The van der Waals surface area contributed by atoms with Crippen LogP contribution in [0.15, 0.2) is 42.5 Å². The van der Waals surface area contributed by atoms with Gasteiger partial charge in [0.15, 0.2) is 0 Å². The van der Waals surface area contributed by atoms with Gasteiger partial charge in [-0.25, -0.2) is 8.78 Å². The highest BCUT2D eigenvalue weighted by Crippen LogP contribution is 2.33.